The van der Waals surface area contributed by atoms with Crippen LogP contribution in [0, 0.1) is 0 Å². The molecule has 3 rings (SSSR count). The van der Waals surface area contributed by atoms with Crippen LogP contribution in [0.3, 0.4) is 0 Å². The topological polar surface area (TPSA) is 24.9 Å². The molecule has 0 unspecified atom stereocenters. The molecular weight excluding hydrogens is 240 g/mol. The van der Waals surface area contributed by atoms with E-state index in [1.54, 1.807) is 0 Å². The Bertz CT molecular complexity index is 549. The number of benzene rings is 1. The van der Waals surface area contributed by atoms with E-state index in [0.717, 1.165) is 18.6 Å². The van der Waals surface area contributed by atoms with Crippen molar-refractivity contribution < 1.29 is 0 Å². The van der Waals surface area contributed by atoms with Crippen LogP contribution < -0.4 is 5.32 Å². The third-order valence-electron chi connectivity index (χ3n) is 3.68. The summed E-state index contributed by atoms with van der Waals surface area (Å²) in [7, 11) is 0. The van der Waals surface area contributed by atoms with Crippen molar-refractivity contribution in [1.29, 1.82) is 0 Å². The van der Waals surface area contributed by atoms with Crippen LogP contribution in [0.2, 0.25) is 0 Å². The largest absolute Gasteiger partial charge is 0.311 e. The van der Waals surface area contributed by atoms with Crippen molar-refractivity contribution in [3.63, 3.8) is 0 Å². The summed E-state index contributed by atoms with van der Waals surface area (Å²) in [6.07, 6.45) is 6.79. The molecule has 18 heavy (non-hydrogen) atoms. The number of thioether (sulfide) groups is 1. The van der Waals surface area contributed by atoms with E-state index in [1.165, 1.54) is 23.8 Å². The minimum Gasteiger partial charge on any atom is -0.311 e. The quantitative estimate of drug-likeness (QED) is 0.891. The highest BCUT2D eigenvalue weighted by molar-refractivity contribution is 8.00. The van der Waals surface area contributed by atoms with Gasteiger partial charge in [0.25, 0.3) is 0 Å². The molecule has 1 heterocycles. The van der Waals surface area contributed by atoms with Gasteiger partial charge < -0.3 is 5.32 Å². The highest BCUT2D eigenvalue weighted by Crippen LogP contribution is 2.46. The van der Waals surface area contributed by atoms with Gasteiger partial charge in [-0.05, 0) is 42.9 Å². The molecule has 1 aromatic heterocycles. The Hall–Kier alpha value is -1.06. The lowest BCUT2D eigenvalue weighted by Crippen LogP contribution is -2.25. The molecule has 94 valence electrons. The number of rotatable bonds is 5. The summed E-state index contributed by atoms with van der Waals surface area (Å²) in [4.78, 5) is 4.34. The fraction of sp³-hybridized carbons (Fsp3) is 0.400. The molecule has 2 nitrogen and oxygen atoms in total. The van der Waals surface area contributed by atoms with Gasteiger partial charge in [-0.15, -0.1) is 0 Å². The Morgan fingerprint density at radius 2 is 2.22 bits per heavy atom. The lowest BCUT2D eigenvalue weighted by Gasteiger charge is -2.13. The van der Waals surface area contributed by atoms with Gasteiger partial charge in [-0.3, -0.25) is 4.98 Å². The van der Waals surface area contributed by atoms with Crippen LogP contribution in [-0.2, 0) is 6.54 Å². The SMILES string of the molecule is CSC1(CNCc2ccc3ncccc3c2)CC1. The Morgan fingerprint density at radius 1 is 1.33 bits per heavy atom. The van der Waals surface area contributed by atoms with E-state index in [1.807, 2.05) is 24.0 Å². The molecule has 0 amide bonds. The van der Waals surface area contributed by atoms with E-state index in [-0.39, 0.29) is 0 Å². The first kappa shape index (κ1) is 12.0. The molecule has 0 aliphatic heterocycles. The molecule has 1 aromatic carbocycles. The average molecular weight is 258 g/mol. The second kappa shape index (κ2) is 4.90. The maximum atomic E-state index is 4.34. The first-order valence-corrected chi connectivity index (χ1v) is 7.63. The van der Waals surface area contributed by atoms with Crippen molar-refractivity contribution in [2.24, 2.45) is 0 Å². The smallest absolute Gasteiger partial charge is 0.0702 e. The minimum atomic E-state index is 0.540. The van der Waals surface area contributed by atoms with E-state index < -0.39 is 0 Å². The Morgan fingerprint density at radius 3 is 3.00 bits per heavy atom. The fourth-order valence-corrected chi connectivity index (χ4v) is 3.02. The van der Waals surface area contributed by atoms with E-state index >= 15 is 0 Å². The second-order valence-electron chi connectivity index (χ2n) is 5.02. The van der Waals surface area contributed by atoms with Crippen LogP contribution >= 0.6 is 11.8 Å². The highest BCUT2D eigenvalue weighted by Gasteiger charge is 2.41. The maximum Gasteiger partial charge on any atom is 0.0702 e. The molecule has 1 aliphatic carbocycles. The zero-order chi connectivity index (χ0) is 12.4. The van der Waals surface area contributed by atoms with Crippen LogP contribution in [0.25, 0.3) is 10.9 Å². The summed E-state index contributed by atoms with van der Waals surface area (Å²) >= 11 is 2.00. The van der Waals surface area contributed by atoms with Gasteiger partial charge in [0, 0.05) is 29.4 Å². The van der Waals surface area contributed by atoms with Gasteiger partial charge in [0.1, 0.15) is 0 Å². The van der Waals surface area contributed by atoms with E-state index in [0.29, 0.717) is 4.75 Å². The van der Waals surface area contributed by atoms with Crippen molar-refractivity contribution >= 4 is 22.7 Å². The van der Waals surface area contributed by atoms with E-state index in [2.05, 4.69) is 40.8 Å². The summed E-state index contributed by atoms with van der Waals surface area (Å²) in [5.74, 6) is 0. The maximum absolute atomic E-state index is 4.34. The molecular formula is C15H18N2S. The Labute approximate surface area is 112 Å². The van der Waals surface area contributed by atoms with Crippen LogP contribution in [0.5, 0.6) is 0 Å². The second-order valence-corrected chi connectivity index (χ2v) is 6.30. The molecule has 0 saturated heterocycles. The number of hydrogen-bond acceptors (Lipinski definition) is 3. The van der Waals surface area contributed by atoms with Gasteiger partial charge in [0.2, 0.25) is 0 Å². The van der Waals surface area contributed by atoms with E-state index in [9.17, 15) is 0 Å². The summed E-state index contributed by atoms with van der Waals surface area (Å²) in [6.45, 7) is 2.08. The highest BCUT2D eigenvalue weighted by atomic mass is 32.2. The number of pyridine rings is 1. The van der Waals surface area contributed by atoms with Gasteiger partial charge >= 0.3 is 0 Å². The third-order valence-corrected chi connectivity index (χ3v) is 5.10. The molecule has 1 aliphatic rings. The summed E-state index contributed by atoms with van der Waals surface area (Å²) in [6, 6.07) is 10.6. The average Bonchev–Trinajstić information content (AvgIpc) is 3.19. The lowest BCUT2D eigenvalue weighted by molar-refractivity contribution is 0.663. The number of hydrogen-bond donors (Lipinski definition) is 1. The van der Waals surface area contributed by atoms with Crippen molar-refractivity contribution in [3.8, 4) is 0 Å². The number of aromatic nitrogens is 1. The van der Waals surface area contributed by atoms with Crippen molar-refractivity contribution in [2.45, 2.75) is 24.1 Å². The molecule has 1 fully saturated rings. The molecule has 0 atom stereocenters. The molecule has 0 bridgehead atoms. The minimum absolute atomic E-state index is 0.540. The fourth-order valence-electron chi connectivity index (χ4n) is 2.26. The zero-order valence-corrected chi connectivity index (χ0v) is 11.5. The third kappa shape index (κ3) is 2.52. The number of nitrogens with zero attached hydrogens (tertiary/aromatic N) is 1. The van der Waals surface area contributed by atoms with Gasteiger partial charge in [-0.2, -0.15) is 11.8 Å². The first-order valence-electron chi connectivity index (χ1n) is 6.41. The summed E-state index contributed by atoms with van der Waals surface area (Å²) in [5, 5.41) is 4.80. The summed E-state index contributed by atoms with van der Waals surface area (Å²) in [5.41, 5.74) is 2.41. The molecule has 1 N–H and O–H groups in total. The lowest BCUT2D eigenvalue weighted by atomic mass is 10.1. The zero-order valence-electron chi connectivity index (χ0n) is 10.6. The number of nitrogens with one attached hydrogen (secondary N) is 1. The van der Waals surface area contributed by atoms with Gasteiger partial charge in [-0.1, -0.05) is 12.1 Å². The van der Waals surface area contributed by atoms with Gasteiger partial charge in [0.05, 0.1) is 5.52 Å². The predicted molar refractivity (Wildman–Crippen MR) is 78.9 cm³/mol. The molecule has 1 saturated carbocycles. The standard InChI is InChI=1S/C15H18N2S/c1-18-15(6-7-15)11-16-10-12-4-5-14-13(9-12)3-2-8-17-14/h2-5,8-9,16H,6-7,10-11H2,1H3. The monoisotopic (exact) mass is 258 g/mol. The van der Waals surface area contributed by atoms with Crippen LogP contribution in [0.15, 0.2) is 36.5 Å². The van der Waals surface area contributed by atoms with Crippen molar-refractivity contribution in [1.82, 2.24) is 10.3 Å². The molecule has 2 aromatic rings. The predicted octanol–water partition coefficient (Wildman–Crippen LogP) is 3.22. The van der Waals surface area contributed by atoms with Crippen molar-refractivity contribution in [2.75, 3.05) is 12.8 Å². The van der Waals surface area contributed by atoms with Gasteiger partial charge in [0.15, 0.2) is 0 Å². The first-order chi connectivity index (χ1) is 8.81. The normalized spacial score (nSPS) is 16.9. The number of fused-ring (bicyclic) bond motifs is 1. The van der Waals surface area contributed by atoms with Crippen LogP contribution in [0.4, 0.5) is 0 Å². The molecule has 0 radical (unpaired) electrons. The van der Waals surface area contributed by atoms with Crippen LogP contribution in [0.1, 0.15) is 18.4 Å². The van der Waals surface area contributed by atoms with Crippen molar-refractivity contribution in [3.05, 3.63) is 42.1 Å². The molecule has 3 heteroatoms. The Kier molecular flexibility index (Phi) is 3.27. The Balaban J connectivity index is 1.64. The molecule has 0 spiro atoms. The summed E-state index contributed by atoms with van der Waals surface area (Å²) < 4.78 is 0.540. The van der Waals surface area contributed by atoms with E-state index in [4.69, 9.17) is 0 Å². The van der Waals surface area contributed by atoms with Crippen LogP contribution in [-0.4, -0.2) is 22.5 Å². The van der Waals surface area contributed by atoms with Gasteiger partial charge in [-0.25, -0.2) is 0 Å².